The predicted octanol–water partition coefficient (Wildman–Crippen LogP) is 23.5. The van der Waals surface area contributed by atoms with Crippen molar-refractivity contribution in [2.75, 3.05) is 19.6 Å². The second-order valence-electron chi connectivity index (χ2n) is 21.8. The minimum absolute atomic E-state index is 1.09. The van der Waals surface area contributed by atoms with Crippen LogP contribution in [0.5, 0.6) is 0 Å². The Bertz CT molecular complexity index is 4440. The van der Waals surface area contributed by atoms with E-state index in [1.54, 1.807) is 0 Å². The fraction of sp³-hybridized carbons (Fsp3) is 0. The molecule has 0 saturated heterocycles. The van der Waals surface area contributed by atoms with Crippen LogP contribution in [-0.4, -0.2) is 0 Å². The Morgan fingerprint density at radius 3 is 0.488 bits per heavy atom. The molecular weight excluding hydrogens is 1040 g/mol. The van der Waals surface area contributed by atoms with Gasteiger partial charge in [0.25, 0.3) is 0 Å². The third-order valence-electron chi connectivity index (χ3n) is 16.5. The van der Waals surface area contributed by atoms with Crippen LogP contribution >= 0.6 is 0 Å². The minimum atomic E-state index is 1.09. The van der Waals surface area contributed by atoms with E-state index in [-0.39, 0.29) is 0 Å². The Labute approximate surface area is 502 Å². The molecule has 0 saturated carbocycles. The number of nitrogens with zero attached hydrogens (tertiary/aromatic N) is 4. The lowest BCUT2D eigenvalue weighted by Crippen LogP contribution is -2.10. The van der Waals surface area contributed by atoms with Crippen LogP contribution in [0.15, 0.2) is 352 Å². The third-order valence-corrected chi connectivity index (χ3v) is 16.5. The second-order valence-corrected chi connectivity index (χ2v) is 21.8. The van der Waals surface area contributed by atoms with E-state index in [0.29, 0.717) is 0 Å². The number of hydrogen-bond acceptors (Lipinski definition) is 4. The summed E-state index contributed by atoms with van der Waals surface area (Å²) in [6, 6.07) is 127. The van der Waals surface area contributed by atoms with Crippen molar-refractivity contribution in [2.45, 2.75) is 0 Å². The van der Waals surface area contributed by atoms with Gasteiger partial charge in [0.05, 0.1) is 0 Å². The zero-order valence-electron chi connectivity index (χ0n) is 47.3. The van der Waals surface area contributed by atoms with E-state index < -0.39 is 0 Å². The average molecular weight is 1100 g/mol. The van der Waals surface area contributed by atoms with Crippen LogP contribution < -0.4 is 19.6 Å². The highest BCUT2D eigenvalue weighted by Gasteiger charge is 2.19. The Kier molecular flexibility index (Phi) is 13.6. The fourth-order valence-corrected chi connectivity index (χ4v) is 12.4. The van der Waals surface area contributed by atoms with Gasteiger partial charge in [-0.2, -0.15) is 0 Å². The molecule has 0 amide bonds. The van der Waals surface area contributed by atoms with Gasteiger partial charge in [-0.3, -0.25) is 0 Å². The molecule has 4 heteroatoms. The van der Waals surface area contributed by atoms with Gasteiger partial charge in [-0.25, -0.2) is 0 Å². The van der Waals surface area contributed by atoms with Crippen molar-refractivity contribution in [3.8, 4) is 22.3 Å². The summed E-state index contributed by atoms with van der Waals surface area (Å²) in [5.74, 6) is 0. The van der Waals surface area contributed by atoms with Gasteiger partial charge in [-0.1, -0.05) is 206 Å². The number of para-hydroxylation sites is 6. The topological polar surface area (TPSA) is 13.0 Å². The normalized spacial score (nSPS) is 11.3. The van der Waals surface area contributed by atoms with Crippen molar-refractivity contribution in [2.24, 2.45) is 0 Å². The molecule has 15 aromatic carbocycles. The largest absolute Gasteiger partial charge is 0.310 e. The highest BCUT2D eigenvalue weighted by Crippen LogP contribution is 2.44. The monoisotopic (exact) mass is 1100 g/mol. The molecule has 15 aromatic rings. The van der Waals surface area contributed by atoms with E-state index in [4.69, 9.17) is 0 Å². The lowest BCUT2D eigenvalue weighted by Gasteiger charge is -2.26. The summed E-state index contributed by atoms with van der Waals surface area (Å²) in [4.78, 5) is 9.34. The molecule has 15 rings (SSSR count). The van der Waals surface area contributed by atoms with Gasteiger partial charge in [0.2, 0.25) is 0 Å². The van der Waals surface area contributed by atoms with Gasteiger partial charge in [0.15, 0.2) is 0 Å². The van der Waals surface area contributed by atoms with Crippen LogP contribution in [0, 0.1) is 0 Å². The third kappa shape index (κ3) is 10.0. The van der Waals surface area contributed by atoms with Crippen molar-refractivity contribution in [3.05, 3.63) is 352 Å². The highest BCUT2D eigenvalue weighted by molar-refractivity contribution is 6.11. The van der Waals surface area contributed by atoms with Crippen LogP contribution in [0.2, 0.25) is 0 Å². The van der Waals surface area contributed by atoms with Crippen molar-refractivity contribution < 1.29 is 0 Å². The van der Waals surface area contributed by atoms with E-state index >= 15 is 0 Å². The molecule has 0 aliphatic carbocycles. The zero-order chi connectivity index (χ0) is 57.2. The molecule has 406 valence electrons. The molecule has 0 atom stereocenters. The van der Waals surface area contributed by atoms with E-state index in [2.05, 4.69) is 371 Å². The first-order valence-corrected chi connectivity index (χ1v) is 29.4. The van der Waals surface area contributed by atoms with Crippen LogP contribution in [0.1, 0.15) is 0 Å². The number of fused-ring (bicyclic) bond motifs is 6. The van der Waals surface area contributed by atoms with Crippen molar-refractivity contribution in [3.63, 3.8) is 0 Å². The van der Waals surface area contributed by atoms with Crippen LogP contribution in [0.25, 0.3) is 65.3 Å². The lowest BCUT2D eigenvalue weighted by atomic mass is 9.99. The summed E-state index contributed by atoms with van der Waals surface area (Å²) in [7, 11) is 0. The number of rotatable bonds is 14. The average Bonchev–Trinajstić information content (AvgIpc) is 3.48. The fourth-order valence-electron chi connectivity index (χ4n) is 12.4. The summed E-state index contributed by atoms with van der Waals surface area (Å²) in [5, 5.41) is 9.68. The minimum Gasteiger partial charge on any atom is -0.310 e. The lowest BCUT2D eigenvalue weighted by molar-refractivity contribution is 1.29. The summed E-state index contributed by atoms with van der Waals surface area (Å²) in [6.45, 7) is 0. The molecule has 0 aromatic heterocycles. The number of anilines is 12. The molecule has 0 aliphatic rings. The van der Waals surface area contributed by atoms with Crippen molar-refractivity contribution in [1.29, 1.82) is 0 Å². The quantitative estimate of drug-likeness (QED) is 0.101. The first-order chi connectivity index (χ1) is 42.6. The molecule has 0 fully saturated rings. The predicted molar refractivity (Wildman–Crippen MR) is 366 cm³/mol. The second kappa shape index (κ2) is 22.7. The van der Waals surface area contributed by atoms with Crippen molar-refractivity contribution >= 4 is 111 Å². The van der Waals surface area contributed by atoms with Gasteiger partial charge in [-0.05, 0) is 211 Å². The molecule has 0 bridgehead atoms. The van der Waals surface area contributed by atoms with E-state index in [0.717, 1.165) is 79.4 Å². The van der Waals surface area contributed by atoms with Gasteiger partial charge in [0, 0.05) is 68.2 Å². The van der Waals surface area contributed by atoms with E-state index in [1.165, 1.54) is 54.2 Å². The molecule has 0 unspecified atom stereocenters. The summed E-state index contributed by atoms with van der Waals surface area (Å²) in [6.07, 6.45) is 0. The van der Waals surface area contributed by atoms with Gasteiger partial charge in [0.1, 0.15) is 0 Å². The van der Waals surface area contributed by atoms with Crippen molar-refractivity contribution in [1.82, 2.24) is 0 Å². The maximum atomic E-state index is 2.35. The standard InChI is InChI=1S/C82H58N4/c1-7-19-67(20-8-1)83(68-21-9-2-10-22-68)75-47-51-79-63(55-75)35-37-65-57-77(49-53-81(65)79)85(71-27-15-5-16-28-71)73-43-39-61(40-44-73)59-31-33-60(34-32-59)62-41-45-74(46-42-62)86(72-29-17-6-18-30-72)78-50-54-82-66(58-78)38-36-64-56-76(48-52-80(64)82)84(69-23-11-3-12-24-69)70-25-13-4-14-26-70/h1-58H. The maximum absolute atomic E-state index is 2.35. The van der Waals surface area contributed by atoms with Crippen LogP contribution in [-0.2, 0) is 0 Å². The Morgan fingerprint density at radius 2 is 0.291 bits per heavy atom. The van der Waals surface area contributed by atoms with E-state index in [9.17, 15) is 0 Å². The summed E-state index contributed by atoms with van der Waals surface area (Å²) < 4.78 is 0. The first kappa shape index (κ1) is 51.4. The zero-order valence-corrected chi connectivity index (χ0v) is 47.3. The van der Waals surface area contributed by atoms with E-state index in [1.807, 2.05) is 0 Å². The first-order valence-electron chi connectivity index (χ1n) is 29.4. The highest BCUT2D eigenvalue weighted by atomic mass is 15.2. The Balaban J connectivity index is 0.680. The maximum Gasteiger partial charge on any atom is 0.0468 e. The van der Waals surface area contributed by atoms with Gasteiger partial charge < -0.3 is 19.6 Å². The summed E-state index contributed by atoms with van der Waals surface area (Å²) in [5.41, 5.74) is 18.0. The molecule has 0 heterocycles. The van der Waals surface area contributed by atoms with Crippen LogP contribution in [0.4, 0.5) is 68.2 Å². The Morgan fingerprint density at radius 1 is 0.128 bits per heavy atom. The number of benzene rings is 15. The molecule has 0 spiro atoms. The molecule has 0 radical (unpaired) electrons. The Hall–Kier alpha value is -11.5. The molecular formula is C82H58N4. The van der Waals surface area contributed by atoms with Gasteiger partial charge >= 0.3 is 0 Å². The van der Waals surface area contributed by atoms with Crippen LogP contribution in [0.3, 0.4) is 0 Å². The molecule has 4 nitrogen and oxygen atoms in total. The molecule has 0 aliphatic heterocycles. The SMILES string of the molecule is c1ccc(N(c2ccccc2)c2ccc3c(ccc4cc(N(c5ccccc5)c5ccc(-c6ccc(-c7ccc(N(c8ccccc8)c8ccc9c(ccc%10cc(N(c%11ccccc%11)c%11ccccc%11)ccc%109)c8)cc7)cc6)cc5)ccc43)c2)cc1. The summed E-state index contributed by atoms with van der Waals surface area (Å²) >= 11 is 0. The number of hydrogen-bond donors (Lipinski definition) is 0. The smallest absolute Gasteiger partial charge is 0.0468 e. The van der Waals surface area contributed by atoms with Gasteiger partial charge in [-0.15, -0.1) is 0 Å². The molecule has 0 N–H and O–H groups in total. The molecule has 86 heavy (non-hydrogen) atoms.